The van der Waals surface area contributed by atoms with Gasteiger partial charge in [-0.1, -0.05) is 6.07 Å². The van der Waals surface area contributed by atoms with Crippen LogP contribution < -0.4 is 24.3 Å². The van der Waals surface area contributed by atoms with Crippen LogP contribution in [0.2, 0.25) is 0 Å². The number of aromatic nitrogens is 1. The van der Waals surface area contributed by atoms with Crippen LogP contribution in [0.15, 0.2) is 41.8 Å². The van der Waals surface area contributed by atoms with E-state index in [-0.39, 0.29) is 5.91 Å². The molecule has 0 saturated carbocycles. The van der Waals surface area contributed by atoms with Gasteiger partial charge >= 0.3 is 0 Å². The number of benzene rings is 2. The van der Waals surface area contributed by atoms with Crippen molar-refractivity contribution in [2.75, 3.05) is 33.8 Å². The Kier molecular flexibility index (Phi) is 6.00. The second-order valence-corrected chi connectivity index (χ2v) is 6.46. The molecule has 0 saturated heterocycles. The molecule has 0 fully saturated rings. The number of thiazole rings is 1. The molecule has 0 spiro atoms. The van der Waals surface area contributed by atoms with Crippen molar-refractivity contribution >= 4 is 22.4 Å². The SMILES string of the molecule is COc1ccc(-c2csc(NC(=O)c3cccc(OC)c3OC)n2)cc1OC. The van der Waals surface area contributed by atoms with Crippen molar-refractivity contribution in [3.05, 3.63) is 47.3 Å². The van der Waals surface area contributed by atoms with Gasteiger partial charge in [0.15, 0.2) is 28.1 Å². The Bertz CT molecular complexity index is 986. The zero-order chi connectivity index (χ0) is 20.1. The van der Waals surface area contributed by atoms with Crippen LogP contribution in [0, 0.1) is 0 Å². The lowest BCUT2D eigenvalue weighted by Gasteiger charge is -2.11. The Balaban J connectivity index is 1.83. The van der Waals surface area contributed by atoms with Gasteiger partial charge in [-0.25, -0.2) is 4.98 Å². The first-order valence-electron chi connectivity index (χ1n) is 8.31. The summed E-state index contributed by atoms with van der Waals surface area (Å²) in [6.07, 6.45) is 0. The molecule has 0 aliphatic rings. The summed E-state index contributed by atoms with van der Waals surface area (Å²) in [6, 6.07) is 10.7. The number of carbonyl (C=O) groups excluding carboxylic acids is 1. The molecule has 1 aromatic heterocycles. The molecule has 0 radical (unpaired) electrons. The third kappa shape index (κ3) is 3.86. The number of anilines is 1. The molecule has 3 rings (SSSR count). The number of methoxy groups -OCH3 is 4. The van der Waals surface area contributed by atoms with Gasteiger partial charge in [0.2, 0.25) is 0 Å². The van der Waals surface area contributed by atoms with Crippen molar-refractivity contribution in [3.63, 3.8) is 0 Å². The zero-order valence-corrected chi connectivity index (χ0v) is 16.8. The molecule has 1 amide bonds. The molecule has 146 valence electrons. The van der Waals surface area contributed by atoms with Crippen LogP contribution >= 0.6 is 11.3 Å². The van der Waals surface area contributed by atoms with Crippen LogP contribution in [0.5, 0.6) is 23.0 Å². The number of rotatable bonds is 7. The smallest absolute Gasteiger partial charge is 0.261 e. The second-order valence-electron chi connectivity index (χ2n) is 5.60. The van der Waals surface area contributed by atoms with Gasteiger partial charge in [0.1, 0.15) is 0 Å². The molecular weight excluding hydrogens is 380 g/mol. The Morgan fingerprint density at radius 3 is 2.36 bits per heavy atom. The third-order valence-corrected chi connectivity index (χ3v) is 4.81. The maximum atomic E-state index is 12.7. The first kappa shape index (κ1) is 19.5. The average molecular weight is 400 g/mol. The van der Waals surface area contributed by atoms with Crippen molar-refractivity contribution in [1.82, 2.24) is 4.98 Å². The molecular formula is C20H20N2O5S. The van der Waals surface area contributed by atoms with Crippen LogP contribution in [-0.2, 0) is 0 Å². The molecule has 1 N–H and O–H groups in total. The average Bonchev–Trinajstić information content (AvgIpc) is 3.20. The Morgan fingerprint density at radius 2 is 1.68 bits per heavy atom. The molecule has 3 aromatic rings. The summed E-state index contributed by atoms with van der Waals surface area (Å²) in [5.41, 5.74) is 1.94. The van der Waals surface area contributed by atoms with E-state index in [2.05, 4.69) is 10.3 Å². The van der Waals surface area contributed by atoms with Crippen molar-refractivity contribution in [2.24, 2.45) is 0 Å². The summed E-state index contributed by atoms with van der Waals surface area (Å²) < 4.78 is 21.1. The van der Waals surface area contributed by atoms with E-state index >= 15 is 0 Å². The number of para-hydroxylation sites is 1. The summed E-state index contributed by atoms with van der Waals surface area (Å²) >= 11 is 1.33. The van der Waals surface area contributed by atoms with Crippen molar-refractivity contribution in [2.45, 2.75) is 0 Å². The molecule has 1 heterocycles. The maximum Gasteiger partial charge on any atom is 0.261 e. The van der Waals surface area contributed by atoms with Crippen LogP contribution in [0.1, 0.15) is 10.4 Å². The largest absolute Gasteiger partial charge is 0.493 e. The monoisotopic (exact) mass is 400 g/mol. The maximum absolute atomic E-state index is 12.7. The Hall–Kier alpha value is -3.26. The predicted molar refractivity (Wildman–Crippen MR) is 108 cm³/mol. The van der Waals surface area contributed by atoms with Crippen LogP contribution in [0.3, 0.4) is 0 Å². The number of hydrogen-bond donors (Lipinski definition) is 1. The second kappa shape index (κ2) is 8.62. The quantitative estimate of drug-likeness (QED) is 0.643. The van der Waals surface area contributed by atoms with Gasteiger partial charge < -0.3 is 18.9 Å². The highest BCUT2D eigenvalue weighted by molar-refractivity contribution is 7.14. The van der Waals surface area contributed by atoms with E-state index < -0.39 is 0 Å². The van der Waals surface area contributed by atoms with Gasteiger partial charge in [-0.15, -0.1) is 11.3 Å². The van der Waals surface area contributed by atoms with Gasteiger partial charge in [0, 0.05) is 10.9 Å². The third-order valence-electron chi connectivity index (χ3n) is 4.05. The van der Waals surface area contributed by atoms with E-state index in [0.717, 1.165) is 11.3 Å². The van der Waals surface area contributed by atoms with E-state index in [1.807, 2.05) is 23.6 Å². The molecule has 7 nitrogen and oxygen atoms in total. The predicted octanol–water partition coefficient (Wildman–Crippen LogP) is 4.10. The fraction of sp³-hybridized carbons (Fsp3) is 0.200. The lowest BCUT2D eigenvalue weighted by Crippen LogP contribution is -2.13. The highest BCUT2D eigenvalue weighted by Gasteiger charge is 2.18. The van der Waals surface area contributed by atoms with Crippen LogP contribution in [0.4, 0.5) is 5.13 Å². The Labute approximate surface area is 166 Å². The van der Waals surface area contributed by atoms with Gasteiger partial charge in [-0.2, -0.15) is 0 Å². The molecule has 28 heavy (non-hydrogen) atoms. The van der Waals surface area contributed by atoms with Crippen molar-refractivity contribution in [3.8, 4) is 34.3 Å². The van der Waals surface area contributed by atoms with E-state index in [1.54, 1.807) is 32.4 Å². The molecule has 8 heteroatoms. The topological polar surface area (TPSA) is 78.9 Å². The van der Waals surface area contributed by atoms with Crippen LogP contribution in [0.25, 0.3) is 11.3 Å². The summed E-state index contributed by atoms with van der Waals surface area (Å²) in [5.74, 6) is 1.78. The van der Waals surface area contributed by atoms with Gasteiger partial charge in [0.05, 0.1) is 39.7 Å². The summed E-state index contributed by atoms with van der Waals surface area (Å²) in [6.45, 7) is 0. The molecule has 0 aliphatic carbocycles. The zero-order valence-electron chi connectivity index (χ0n) is 15.9. The molecule has 0 atom stereocenters. The minimum atomic E-state index is -0.330. The minimum absolute atomic E-state index is 0.330. The summed E-state index contributed by atoms with van der Waals surface area (Å²) in [4.78, 5) is 17.2. The molecule has 2 aromatic carbocycles. The number of ether oxygens (including phenoxy) is 4. The summed E-state index contributed by atoms with van der Waals surface area (Å²) in [7, 11) is 6.18. The number of nitrogens with one attached hydrogen (secondary N) is 1. The first-order chi connectivity index (χ1) is 13.6. The lowest BCUT2D eigenvalue weighted by molar-refractivity contribution is 0.102. The molecule has 0 unspecified atom stereocenters. The normalized spacial score (nSPS) is 10.3. The number of nitrogens with zero attached hydrogens (tertiary/aromatic N) is 1. The number of amides is 1. The van der Waals surface area contributed by atoms with E-state index in [9.17, 15) is 4.79 Å². The fourth-order valence-electron chi connectivity index (χ4n) is 2.69. The highest BCUT2D eigenvalue weighted by atomic mass is 32.1. The molecule has 0 aliphatic heterocycles. The van der Waals surface area contributed by atoms with E-state index in [1.165, 1.54) is 25.6 Å². The summed E-state index contributed by atoms with van der Waals surface area (Å²) in [5, 5.41) is 5.14. The van der Waals surface area contributed by atoms with Gasteiger partial charge in [-0.3, -0.25) is 10.1 Å². The number of hydrogen-bond acceptors (Lipinski definition) is 7. The van der Waals surface area contributed by atoms with Crippen molar-refractivity contribution < 1.29 is 23.7 Å². The standard InChI is InChI=1S/C20H20N2O5S/c1-24-15-9-8-12(10-17(15)26-3)14-11-28-20(21-14)22-19(23)13-6-5-7-16(25-2)18(13)27-4/h5-11H,1-4H3,(H,21,22,23). The van der Waals surface area contributed by atoms with Crippen molar-refractivity contribution in [1.29, 1.82) is 0 Å². The minimum Gasteiger partial charge on any atom is -0.493 e. The van der Waals surface area contributed by atoms with Gasteiger partial charge in [-0.05, 0) is 30.3 Å². The van der Waals surface area contributed by atoms with E-state index in [4.69, 9.17) is 18.9 Å². The lowest BCUT2D eigenvalue weighted by atomic mass is 10.1. The van der Waals surface area contributed by atoms with E-state index in [0.29, 0.717) is 33.7 Å². The van der Waals surface area contributed by atoms with Gasteiger partial charge in [0.25, 0.3) is 5.91 Å². The van der Waals surface area contributed by atoms with Crippen LogP contribution in [-0.4, -0.2) is 39.3 Å². The highest BCUT2D eigenvalue weighted by Crippen LogP contribution is 2.34. The molecule has 0 bridgehead atoms. The number of carbonyl (C=O) groups is 1. The Morgan fingerprint density at radius 1 is 0.929 bits per heavy atom. The fourth-order valence-corrected chi connectivity index (χ4v) is 3.40. The first-order valence-corrected chi connectivity index (χ1v) is 9.19.